The van der Waals surface area contributed by atoms with E-state index in [9.17, 15) is 22.4 Å². The number of anilines is 1. The second-order valence-electron chi connectivity index (χ2n) is 4.91. The minimum absolute atomic E-state index is 0.0255. The SMILES string of the molecule is CC(Oc1ccc(-c2cnc(NNC(=O)C(F)(F)Br)cn2)cn1)C(F)F. The molecular weight excluding hydrogens is 426 g/mol. The van der Waals surface area contributed by atoms with Crippen LogP contribution in [-0.2, 0) is 4.79 Å². The van der Waals surface area contributed by atoms with Crippen LogP contribution < -0.4 is 15.6 Å². The Balaban J connectivity index is 1.98. The lowest BCUT2D eigenvalue weighted by Gasteiger charge is -2.12. The molecule has 0 aliphatic rings. The molecule has 0 aliphatic heterocycles. The van der Waals surface area contributed by atoms with Gasteiger partial charge in [-0.25, -0.2) is 18.7 Å². The molecule has 0 fully saturated rings. The molecule has 7 nitrogen and oxygen atoms in total. The van der Waals surface area contributed by atoms with Gasteiger partial charge in [0.15, 0.2) is 11.9 Å². The first-order chi connectivity index (χ1) is 12.2. The Morgan fingerprint density at radius 1 is 1.19 bits per heavy atom. The predicted octanol–water partition coefficient (Wildman–Crippen LogP) is 3.00. The first kappa shape index (κ1) is 19.8. The molecule has 0 aliphatic carbocycles. The van der Waals surface area contributed by atoms with E-state index in [1.807, 2.05) is 15.9 Å². The number of hydrazine groups is 1. The zero-order valence-corrected chi connectivity index (χ0v) is 14.7. The molecule has 0 spiro atoms. The van der Waals surface area contributed by atoms with Gasteiger partial charge in [-0.1, -0.05) is 0 Å². The number of ether oxygens (including phenoxy) is 1. The average Bonchev–Trinajstić information content (AvgIpc) is 2.60. The van der Waals surface area contributed by atoms with E-state index < -0.39 is 23.3 Å². The largest absolute Gasteiger partial charge is 0.469 e. The maximum absolute atomic E-state index is 12.6. The Hall–Kier alpha value is -2.50. The summed E-state index contributed by atoms with van der Waals surface area (Å²) in [6.07, 6.45) is -0.0589. The van der Waals surface area contributed by atoms with Crippen molar-refractivity contribution in [1.82, 2.24) is 20.4 Å². The van der Waals surface area contributed by atoms with Crippen LogP contribution in [0.2, 0.25) is 0 Å². The van der Waals surface area contributed by atoms with Gasteiger partial charge < -0.3 is 4.74 Å². The van der Waals surface area contributed by atoms with E-state index in [0.29, 0.717) is 11.3 Å². The highest BCUT2D eigenvalue weighted by atomic mass is 79.9. The molecule has 26 heavy (non-hydrogen) atoms. The summed E-state index contributed by atoms with van der Waals surface area (Å²) in [6.45, 7) is 1.22. The van der Waals surface area contributed by atoms with Crippen molar-refractivity contribution in [1.29, 1.82) is 0 Å². The maximum atomic E-state index is 12.6. The third-order valence-electron chi connectivity index (χ3n) is 2.91. The lowest BCUT2D eigenvalue weighted by Crippen LogP contribution is -2.39. The molecule has 1 unspecified atom stereocenters. The van der Waals surface area contributed by atoms with Crippen molar-refractivity contribution in [3.05, 3.63) is 30.7 Å². The number of halogens is 5. The highest BCUT2D eigenvalue weighted by Gasteiger charge is 2.34. The number of hydrogen-bond acceptors (Lipinski definition) is 6. The number of hydrogen-bond donors (Lipinski definition) is 2. The Kier molecular flexibility index (Phi) is 6.29. The summed E-state index contributed by atoms with van der Waals surface area (Å²) in [5.74, 6) is -1.54. The zero-order valence-electron chi connectivity index (χ0n) is 13.1. The van der Waals surface area contributed by atoms with Gasteiger partial charge in [-0.3, -0.25) is 20.6 Å². The maximum Gasteiger partial charge on any atom is 0.379 e. The van der Waals surface area contributed by atoms with Gasteiger partial charge in [0, 0.05) is 33.8 Å². The quantitative estimate of drug-likeness (QED) is 0.393. The highest BCUT2D eigenvalue weighted by molar-refractivity contribution is 9.10. The number of pyridine rings is 1. The molecule has 0 saturated heterocycles. The standard InChI is InChI=1S/C14H12BrF4N5O2/c1-7(12(16)17)26-11-3-2-8(4-22-11)9-5-21-10(6-20-9)23-24-13(25)14(15,18)19/h2-7,12H,1H3,(H,21,23)(H,24,25). The monoisotopic (exact) mass is 437 g/mol. The Labute approximate surface area is 153 Å². The van der Waals surface area contributed by atoms with Gasteiger partial charge in [0.05, 0.1) is 18.1 Å². The Morgan fingerprint density at radius 3 is 2.42 bits per heavy atom. The van der Waals surface area contributed by atoms with Crippen molar-refractivity contribution in [2.45, 2.75) is 24.3 Å². The van der Waals surface area contributed by atoms with Crippen LogP contribution in [0.4, 0.5) is 23.4 Å². The van der Waals surface area contributed by atoms with Gasteiger partial charge in [0.25, 0.3) is 6.43 Å². The molecular formula is C14H12BrF4N5O2. The molecule has 2 aromatic rings. The first-order valence-corrected chi connectivity index (χ1v) is 7.82. The fourth-order valence-electron chi connectivity index (χ4n) is 1.58. The fourth-order valence-corrected chi connectivity index (χ4v) is 1.68. The molecule has 1 amide bonds. The van der Waals surface area contributed by atoms with Crippen molar-refractivity contribution < 1.29 is 27.1 Å². The van der Waals surface area contributed by atoms with Crippen molar-refractivity contribution >= 4 is 27.7 Å². The number of nitrogens with zero attached hydrogens (tertiary/aromatic N) is 3. The van der Waals surface area contributed by atoms with E-state index in [0.717, 1.165) is 0 Å². The molecule has 140 valence electrons. The first-order valence-electron chi connectivity index (χ1n) is 7.03. The molecule has 1 atom stereocenters. The summed E-state index contributed by atoms with van der Waals surface area (Å²) in [6, 6.07) is 2.95. The molecule has 0 aromatic carbocycles. The van der Waals surface area contributed by atoms with Gasteiger partial charge in [-0.05, 0) is 13.0 Å². The number of alkyl halides is 5. The average molecular weight is 438 g/mol. The Morgan fingerprint density at radius 2 is 1.92 bits per heavy atom. The van der Waals surface area contributed by atoms with Crippen LogP contribution in [0.5, 0.6) is 5.88 Å². The van der Waals surface area contributed by atoms with Crippen LogP contribution >= 0.6 is 15.9 Å². The van der Waals surface area contributed by atoms with Crippen LogP contribution in [0.1, 0.15) is 6.92 Å². The molecule has 2 aromatic heterocycles. The minimum Gasteiger partial charge on any atom is -0.469 e. The van der Waals surface area contributed by atoms with Gasteiger partial charge >= 0.3 is 10.7 Å². The number of amides is 1. The van der Waals surface area contributed by atoms with E-state index in [1.165, 1.54) is 31.6 Å². The van der Waals surface area contributed by atoms with Crippen molar-refractivity contribution in [3.8, 4) is 17.1 Å². The van der Waals surface area contributed by atoms with Crippen LogP contribution in [0.3, 0.4) is 0 Å². The lowest BCUT2D eigenvalue weighted by atomic mass is 10.2. The second-order valence-corrected chi connectivity index (χ2v) is 5.90. The third kappa shape index (κ3) is 5.51. The summed E-state index contributed by atoms with van der Waals surface area (Å²) < 4.78 is 55.1. The Bertz CT molecular complexity index is 740. The van der Waals surface area contributed by atoms with Gasteiger partial charge in [0.1, 0.15) is 0 Å². The highest BCUT2D eigenvalue weighted by Crippen LogP contribution is 2.22. The summed E-state index contributed by atoms with van der Waals surface area (Å²) in [5, 5.41) is 0. The molecule has 0 radical (unpaired) electrons. The lowest BCUT2D eigenvalue weighted by molar-refractivity contribution is -0.133. The second kappa shape index (κ2) is 8.25. The molecule has 2 N–H and O–H groups in total. The summed E-state index contributed by atoms with van der Waals surface area (Å²) in [4.78, 5) is 19.1. The van der Waals surface area contributed by atoms with Gasteiger partial charge in [-0.2, -0.15) is 8.78 Å². The van der Waals surface area contributed by atoms with Gasteiger partial charge in [-0.15, -0.1) is 0 Å². The molecule has 0 saturated carbocycles. The summed E-state index contributed by atoms with van der Waals surface area (Å²) in [7, 11) is 0. The third-order valence-corrected chi connectivity index (χ3v) is 3.27. The number of nitrogens with one attached hydrogen (secondary N) is 2. The number of carbonyl (C=O) groups excluding carboxylic acids is 1. The van der Waals surface area contributed by atoms with E-state index in [1.54, 1.807) is 11.5 Å². The zero-order chi connectivity index (χ0) is 19.3. The van der Waals surface area contributed by atoms with Crippen LogP contribution in [0.25, 0.3) is 11.3 Å². The topological polar surface area (TPSA) is 89.0 Å². The van der Waals surface area contributed by atoms with Crippen molar-refractivity contribution in [3.63, 3.8) is 0 Å². The number of aromatic nitrogens is 3. The normalized spacial score (nSPS) is 12.6. The summed E-state index contributed by atoms with van der Waals surface area (Å²) in [5.41, 5.74) is 4.84. The van der Waals surface area contributed by atoms with Crippen molar-refractivity contribution in [2.24, 2.45) is 0 Å². The van der Waals surface area contributed by atoms with Crippen molar-refractivity contribution in [2.75, 3.05) is 5.43 Å². The molecule has 12 heteroatoms. The van der Waals surface area contributed by atoms with Gasteiger partial charge in [0.2, 0.25) is 5.88 Å². The molecule has 2 rings (SSSR count). The molecule has 2 heterocycles. The fraction of sp³-hybridized carbons (Fsp3) is 0.286. The predicted molar refractivity (Wildman–Crippen MR) is 87.0 cm³/mol. The summed E-state index contributed by atoms with van der Waals surface area (Å²) >= 11 is 1.91. The number of carbonyl (C=O) groups is 1. The van der Waals surface area contributed by atoms with E-state index in [-0.39, 0.29) is 11.7 Å². The number of rotatable bonds is 7. The van der Waals surface area contributed by atoms with E-state index in [4.69, 9.17) is 4.74 Å². The molecule has 0 bridgehead atoms. The van der Waals surface area contributed by atoms with Crippen LogP contribution in [-0.4, -0.2) is 38.2 Å². The smallest absolute Gasteiger partial charge is 0.379 e. The minimum atomic E-state index is -3.72. The van der Waals surface area contributed by atoms with E-state index >= 15 is 0 Å². The van der Waals surface area contributed by atoms with Crippen LogP contribution in [0.15, 0.2) is 30.7 Å². The van der Waals surface area contributed by atoms with E-state index in [2.05, 4.69) is 20.4 Å². The van der Waals surface area contributed by atoms with Crippen LogP contribution in [0, 0.1) is 0 Å².